The highest BCUT2D eigenvalue weighted by Crippen LogP contribution is 2.27. The Morgan fingerprint density at radius 1 is 1.14 bits per heavy atom. The van der Waals surface area contributed by atoms with Gasteiger partial charge in [-0.2, -0.15) is 9.97 Å². The van der Waals surface area contributed by atoms with Crippen molar-refractivity contribution in [2.45, 2.75) is 6.92 Å². The Bertz CT molecular complexity index is 739. The zero-order chi connectivity index (χ0) is 14.7. The topological polar surface area (TPSA) is 85.0 Å². The van der Waals surface area contributed by atoms with Crippen LogP contribution in [0.3, 0.4) is 0 Å². The van der Waals surface area contributed by atoms with Crippen molar-refractivity contribution in [1.29, 1.82) is 0 Å². The van der Waals surface area contributed by atoms with Gasteiger partial charge < -0.3 is 19.8 Å². The molecule has 3 aromatic rings. The van der Waals surface area contributed by atoms with E-state index in [1.807, 2.05) is 31.2 Å². The number of anilines is 1. The molecule has 2 N–H and O–H groups in total. The van der Waals surface area contributed by atoms with Gasteiger partial charge in [-0.15, -0.1) is 0 Å². The Hall–Kier alpha value is -2.83. The van der Waals surface area contributed by atoms with Crippen molar-refractivity contribution >= 4 is 17.1 Å². The van der Waals surface area contributed by atoms with Gasteiger partial charge in [0.15, 0.2) is 5.65 Å². The number of aromatic amines is 1. The summed E-state index contributed by atoms with van der Waals surface area (Å²) in [5, 5.41) is 3.06. The molecule has 3 rings (SSSR count). The van der Waals surface area contributed by atoms with E-state index in [2.05, 4.69) is 25.3 Å². The second-order valence-electron chi connectivity index (χ2n) is 4.26. The first-order valence-corrected chi connectivity index (χ1v) is 6.57. The minimum absolute atomic E-state index is 0.429. The van der Waals surface area contributed by atoms with Gasteiger partial charge in [-0.25, -0.2) is 4.98 Å². The average molecular weight is 285 g/mol. The van der Waals surface area contributed by atoms with Gasteiger partial charge in [-0.1, -0.05) is 0 Å². The van der Waals surface area contributed by atoms with Crippen molar-refractivity contribution < 1.29 is 9.47 Å². The number of nitrogens with one attached hydrogen (secondary N) is 2. The molecule has 0 spiro atoms. The molecule has 21 heavy (non-hydrogen) atoms. The van der Waals surface area contributed by atoms with Gasteiger partial charge in [0.1, 0.15) is 17.0 Å². The van der Waals surface area contributed by atoms with Crippen molar-refractivity contribution in [2.75, 3.05) is 19.0 Å². The first kappa shape index (κ1) is 13.2. The van der Waals surface area contributed by atoms with Crippen molar-refractivity contribution in [1.82, 2.24) is 19.9 Å². The van der Waals surface area contributed by atoms with Crippen LogP contribution in [0.5, 0.6) is 17.4 Å². The number of methoxy groups -OCH3 is 1. The number of hydrogen-bond donors (Lipinski definition) is 2. The van der Waals surface area contributed by atoms with Crippen LogP contribution in [-0.4, -0.2) is 33.6 Å². The predicted molar refractivity (Wildman–Crippen MR) is 78.9 cm³/mol. The third-order valence-corrected chi connectivity index (χ3v) is 2.86. The highest BCUT2D eigenvalue weighted by molar-refractivity contribution is 5.77. The first-order chi connectivity index (χ1) is 10.3. The number of aromatic nitrogens is 4. The minimum Gasteiger partial charge on any atom is -0.497 e. The Kier molecular flexibility index (Phi) is 3.55. The maximum Gasteiger partial charge on any atom is 0.250 e. The Labute approximate surface area is 121 Å². The number of benzene rings is 1. The van der Waals surface area contributed by atoms with Crippen LogP contribution in [0.2, 0.25) is 0 Å². The Morgan fingerprint density at radius 2 is 1.90 bits per heavy atom. The summed E-state index contributed by atoms with van der Waals surface area (Å²) in [6, 6.07) is 7.28. The molecular weight excluding hydrogens is 270 g/mol. The van der Waals surface area contributed by atoms with E-state index >= 15 is 0 Å². The van der Waals surface area contributed by atoms with E-state index in [-0.39, 0.29) is 0 Å². The van der Waals surface area contributed by atoms with E-state index in [1.54, 1.807) is 13.4 Å². The number of imidazole rings is 1. The second-order valence-corrected chi connectivity index (χ2v) is 4.26. The Balaban J connectivity index is 1.95. The summed E-state index contributed by atoms with van der Waals surface area (Å²) in [4.78, 5) is 15.8. The SMILES string of the molecule is CCNc1nc(Oc2ccc(OC)cc2)c2[nH]cnc2n1. The van der Waals surface area contributed by atoms with Gasteiger partial charge >= 0.3 is 0 Å². The van der Waals surface area contributed by atoms with Crippen LogP contribution in [0, 0.1) is 0 Å². The zero-order valence-corrected chi connectivity index (χ0v) is 11.8. The molecule has 0 radical (unpaired) electrons. The molecule has 0 bridgehead atoms. The zero-order valence-electron chi connectivity index (χ0n) is 11.8. The predicted octanol–water partition coefficient (Wildman–Crippen LogP) is 2.59. The van der Waals surface area contributed by atoms with Crippen molar-refractivity contribution in [2.24, 2.45) is 0 Å². The normalized spacial score (nSPS) is 10.6. The molecule has 2 heterocycles. The van der Waals surface area contributed by atoms with E-state index in [0.717, 1.165) is 12.3 Å². The third kappa shape index (κ3) is 2.71. The van der Waals surface area contributed by atoms with Gasteiger partial charge in [0, 0.05) is 6.54 Å². The average Bonchev–Trinajstić information content (AvgIpc) is 2.97. The van der Waals surface area contributed by atoms with Crippen molar-refractivity contribution in [3.63, 3.8) is 0 Å². The molecule has 7 heteroatoms. The molecular formula is C14H15N5O2. The molecule has 0 saturated heterocycles. The van der Waals surface area contributed by atoms with Gasteiger partial charge in [0.25, 0.3) is 5.88 Å². The summed E-state index contributed by atoms with van der Waals surface area (Å²) in [7, 11) is 1.62. The summed E-state index contributed by atoms with van der Waals surface area (Å²) in [5.74, 6) is 2.34. The minimum atomic E-state index is 0.429. The van der Waals surface area contributed by atoms with E-state index in [0.29, 0.717) is 28.7 Å². The molecule has 0 unspecified atom stereocenters. The molecule has 0 aliphatic heterocycles. The van der Waals surface area contributed by atoms with Crippen molar-refractivity contribution in [3.05, 3.63) is 30.6 Å². The summed E-state index contributed by atoms with van der Waals surface area (Å²) >= 11 is 0. The van der Waals surface area contributed by atoms with E-state index in [4.69, 9.17) is 9.47 Å². The van der Waals surface area contributed by atoms with Crippen molar-refractivity contribution in [3.8, 4) is 17.4 Å². The molecule has 0 saturated carbocycles. The summed E-state index contributed by atoms with van der Waals surface area (Å²) in [5.41, 5.74) is 1.22. The van der Waals surface area contributed by atoms with Crippen LogP contribution in [0.4, 0.5) is 5.95 Å². The second kappa shape index (κ2) is 5.66. The van der Waals surface area contributed by atoms with Gasteiger partial charge in [-0.3, -0.25) is 0 Å². The standard InChI is InChI=1S/C14H15N5O2/c1-3-15-14-18-12-11(16-8-17-12)13(19-14)21-10-6-4-9(20-2)5-7-10/h4-8H,3H2,1-2H3,(H2,15,16,17,18,19). The lowest BCUT2D eigenvalue weighted by molar-refractivity contribution is 0.412. The molecule has 0 atom stereocenters. The van der Waals surface area contributed by atoms with E-state index in [9.17, 15) is 0 Å². The van der Waals surface area contributed by atoms with Crippen LogP contribution < -0.4 is 14.8 Å². The summed E-state index contributed by atoms with van der Waals surface area (Å²) in [6.45, 7) is 2.69. The van der Waals surface area contributed by atoms with Gasteiger partial charge in [0.05, 0.1) is 13.4 Å². The van der Waals surface area contributed by atoms with E-state index < -0.39 is 0 Å². The maximum absolute atomic E-state index is 5.82. The van der Waals surface area contributed by atoms with Crippen LogP contribution in [0.25, 0.3) is 11.2 Å². The fourth-order valence-corrected chi connectivity index (χ4v) is 1.87. The lowest BCUT2D eigenvalue weighted by Gasteiger charge is -2.08. The van der Waals surface area contributed by atoms with Crippen LogP contribution in [0.1, 0.15) is 6.92 Å². The lowest BCUT2D eigenvalue weighted by atomic mass is 10.3. The number of fused-ring (bicyclic) bond motifs is 1. The quantitative estimate of drug-likeness (QED) is 0.749. The third-order valence-electron chi connectivity index (χ3n) is 2.86. The number of ether oxygens (including phenoxy) is 2. The maximum atomic E-state index is 5.82. The van der Waals surface area contributed by atoms with Gasteiger partial charge in [-0.05, 0) is 31.2 Å². The molecule has 0 aliphatic rings. The van der Waals surface area contributed by atoms with Gasteiger partial charge in [0.2, 0.25) is 5.95 Å². The lowest BCUT2D eigenvalue weighted by Crippen LogP contribution is -2.03. The fourth-order valence-electron chi connectivity index (χ4n) is 1.87. The smallest absolute Gasteiger partial charge is 0.250 e. The molecule has 0 fully saturated rings. The Morgan fingerprint density at radius 3 is 2.62 bits per heavy atom. The van der Waals surface area contributed by atoms with Crippen LogP contribution in [0.15, 0.2) is 30.6 Å². The molecule has 108 valence electrons. The molecule has 0 amide bonds. The highest BCUT2D eigenvalue weighted by atomic mass is 16.5. The number of nitrogens with zero attached hydrogens (tertiary/aromatic N) is 3. The van der Waals surface area contributed by atoms with E-state index in [1.165, 1.54) is 0 Å². The molecule has 0 aliphatic carbocycles. The van der Waals surface area contributed by atoms with Crippen LogP contribution >= 0.6 is 0 Å². The fraction of sp³-hybridized carbons (Fsp3) is 0.214. The number of hydrogen-bond acceptors (Lipinski definition) is 6. The van der Waals surface area contributed by atoms with Crippen LogP contribution in [-0.2, 0) is 0 Å². The number of rotatable bonds is 5. The monoisotopic (exact) mass is 285 g/mol. The highest BCUT2D eigenvalue weighted by Gasteiger charge is 2.11. The molecule has 7 nitrogen and oxygen atoms in total. The largest absolute Gasteiger partial charge is 0.497 e. The number of H-pyrrole nitrogens is 1. The first-order valence-electron chi connectivity index (χ1n) is 6.57. The summed E-state index contributed by atoms with van der Waals surface area (Å²) in [6.07, 6.45) is 1.57. The summed E-state index contributed by atoms with van der Waals surface area (Å²) < 4.78 is 10.9. The molecule has 2 aromatic heterocycles. The molecule has 1 aromatic carbocycles.